The monoisotopic (exact) mass is 303 g/mol. The van der Waals surface area contributed by atoms with Crippen LogP contribution in [0.15, 0.2) is 30.3 Å². The van der Waals surface area contributed by atoms with Crippen LogP contribution >= 0.6 is 0 Å². The minimum absolute atomic E-state index is 0.0279. The Morgan fingerprint density at radius 1 is 1.14 bits per heavy atom. The van der Waals surface area contributed by atoms with Gasteiger partial charge >= 0.3 is 5.97 Å². The maximum absolute atomic E-state index is 12.2. The number of carbonyl (C=O) groups excluding carboxylic acids is 1. The van der Waals surface area contributed by atoms with Crippen molar-refractivity contribution in [3.8, 4) is 0 Å². The van der Waals surface area contributed by atoms with E-state index in [9.17, 15) is 9.59 Å². The molecule has 0 aromatic heterocycles. The van der Waals surface area contributed by atoms with Crippen molar-refractivity contribution < 1.29 is 14.7 Å². The van der Waals surface area contributed by atoms with E-state index in [2.05, 4.69) is 26.0 Å². The van der Waals surface area contributed by atoms with E-state index in [1.54, 1.807) is 11.0 Å². The molecule has 0 radical (unpaired) electrons. The highest BCUT2D eigenvalue weighted by molar-refractivity contribution is 5.92. The lowest BCUT2D eigenvalue weighted by Crippen LogP contribution is -2.37. The van der Waals surface area contributed by atoms with E-state index in [0.717, 1.165) is 5.56 Å². The molecule has 0 fully saturated rings. The third kappa shape index (κ3) is 5.72. The number of carboxylic acids is 1. The first kappa shape index (κ1) is 18.0. The fourth-order valence-corrected chi connectivity index (χ4v) is 2.09. The molecule has 0 saturated heterocycles. The number of aliphatic carboxylic acids is 1. The molecule has 22 heavy (non-hydrogen) atoms. The van der Waals surface area contributed by atoms with E-state index < -0.39 is 5.97 Å². The minimum Gasteiger partial charge on any atom is -0.481 e. The number of carbonyl (C=O) groups is 2. The summed E-state index contributed by atoms with van der Waals surface area (Å²) in [4.78, 5) is 24.4. The zero-order valence-electron chi connectivity index (χ0n) is 13.7. The van der Waals surface area contributed by atoms with Crippen molar-refractivity contribution in [2.45, 2.75) is 46.1 Å². The van der Waals surface area contributed by atoms with Gasteiger partial charge in [-0.3, -0.25) is 9.59 Å². The lowest BCUT2D eigenvalue weighted by atomic mass is 10.0. The third-order valence-corrected chi connectivity index (χ3v) is 3.49. The van der Waals surface area contributed by atoms with Gasteiger partial charge in [-0.15, -0.1) is 0 Å². The van der Waals surface area contributed by atoms with Gasteiger partial charge in [0.1, 0.15) is 0 Å². The van der Waals surface area contributed by atoms with Crippen LogP contribution in [0.3, 0.4) is 0 Å². The summed E-state index contributed by atoms with van der Waals surface area (Å²) in [5, 5.41) is 8.75. The van der Waals surface area contributed by atoms with Crippen molar-refractivity contribution in [2.24, 2.45) is 0 Å². The average Bonchev–Trinajstić information content (AvgIpc) is 2.45. The van der Waals surface area contributed by atoms with Gasteiger partial charge in [-0.2, -0.15) is 0 Å². The van der Waals surface area contributed by atoms with E-state index in [4.69, 9.17) is 5.11 Å². The molecule has 0 aliphatic carbocycles. The second-order valence-corrected chi connectivity index (χ2v) is 5.92. The fraction of sp³-hybridized carbons (Fsp3) is 0.444. The molecule has 1 aromatic carbocycles. The molecule has 1 rings (SSSR count). The van der Waals surface area contributed by atoms with Crippen LogP contribution in [0.25, 0.3) is 6.08 Å². The van der Waals surface area contributed by atoms with Gasteiger partial charge in [-0.05, 0) is 37.0 Å². The van der Waals surface area contributed by atoms with Crippen molar-refractivity contribution in [2.75, 3.05) is 6.54 Å². The Kier molecular flexibility index (Phi) is 6.83. The maximum atomic E-state index is 12.2. The SMILES string of the molecule is CC(C)c1ccc(/C=C/C(=O)N(CCC(=O)O)C(C)C)cc1. The first-order chi connectivity index (χ1) is 10.3. The number of carboxylic acid groups (broad SMARTS) is 1. The van der Waals surface area contributed by atoms with E-state index in [0.29, 0.717) is 5.92 Å². The highest BCUT2D eigenvalue weighted by atomic mass is 16.4. The molecule has 0 atom stereocenters. The number of hydrogen-bond donors (Lipinski definition) is 1. The Hall–Kier alpha value is -2.10. The number of amides is 1. The second-order valence-electron chi connectivity index (χ2n) is 5.92. The van der Waals surface area contributed by atoms with Crippen LogP contribution in [0, 0.1) is 0 Å². The first-order valence-electron chi connectivity index (χ1n) is 7.61. The van der Waals surface area contributed by atoms with Crippen molar-refractivity contribution in [1.82, 2.24) is 4.90 Å². The first-order valence-corrected chi connectivity index (χ1v) is 7.61. The van der Waals surface area contributed by atoms with Crippen LogP contribution < -0.4 is 0 Å². The molecular weight excluding hydrogens is 278 g/mol. The Balaban J connectivity index is 2.73. The van der Waals surface area contributed by atoms with Gasteiger partial charge in [0.05, 0.1) is 6.42 Å². The Bertz CT molecular complexity index is 530. The molecule has 0 aliphatic rings. The lowest BCUT2D eigenvalue weighted by Gasteiger charge is -2.24. The standard InChI is InChI=1S/C18H25NO3/c1-13(2)16-8-5-15(6-9-16)7-10-17(20)19(14(3)4)12-11-18(21)22/h5-10,13-14H,11-12H2,1-4H3,(H,21,22)/b10-7+. The Morgan fingerprint density at radius 2 is 1.73 bits per heavy atom. The Labute approximate surface area is 132 Å². The summed E-state index contributed by atoms with van der Waals surface area (Å²) in [5.74, 6) is -0.581. The highest BCUT2D eigenvalue weighted by Crippen LogP contribution is 2.15. The molecule has 1 aromatic rings. The van der Waals surface area contributed by atoms with Crippen LogP contribution in [0.5, 0.6) is 0 Å². The quantitative estimate of drug-likeness (QED) is 0.784. The van der Waals surface area contributed by atoms with Crippen LogP contribution in [0.4, 0.5) is 0 Å². The predicted molar refractivity (Wildman–Crippen MR) is 88.7 cm³/mol. The molecule has 0 aliphatic heterocycles. The van der Waals surface area contributed by atoms with Gasteiger partial charge in [-0.25, -0.2) is 0 Å². The van der Waals surface area contributed by atoms with Gasteiger partial charge in [0.2, 0.25) is 5.91 Å². The molecule has 1 N–H and O–H groups in total. The van der Waals surface area contributed by atoms with Gasteiger partial charge in [0, 0.05) is 18.7 Å². The van der Waals surface area contributed by atoms with E-state index in [1.165, 1.54) is 11.6 Å². The number of benzene rings is 1. The van der Waals surface area contributed by atoms with Crippen LogP contribution in [0.2, 0.25) is 0 Å². The van der Waals surface area contributed by atoms with Crippen LogP contribution in [-0.2, 0) is 9.59 Å². The molecule has 0 saturated carbocycles. The number of rotatable bonds is 7. The summed E-state index contributed by atoms with van der Waals surface area (Å²) < 4.78 is 0. The van der Waals surface area contributed by atoms with Gasteiger partial charge in [0.25, 0.3) is 0 Å². The summed E-state index contributed by atoms with van der Waals surface area (Å²) in [6.45, 7) is 8.26. The molecule has 1 amide bonds. The maximum Gasteiger partial charge on any atom is 0.305 e. The molecule has 0 bridgehead atoms. The smallest absolute Gasteiger partial charge is 0.305 e. The summed E-state index contributed by atoms with van der Waals surface area (Å²) in [6.07, 6.45) is 3.23. The second kappa shape index (κ2) is 8.37. The average molecular weight is 303 g/mol. The summed E-state index contributed by atoms with van der Waals surface area (Å²) >= 11 is 0. The van der Waals surface area contributed by atoms with Crippen molar-refractivity contribution in [1.29, 1.82) is 0 Å². The van der Waals surface area contributed by atoms with E-state index in [-0.39, 0.29) is 24.9 Å². The topological polar surface area (TPSA) is 57.6 Å². The fourth-order valence-electron chi connectivity index (χ4n) is 2.09. The Morgan fingerprint density at radius 3 is 2.18 bits per heavy atom. The number of hydrogen-bond acceptors (Lipinski definition) is 2. The molecule has 0 heterocycles. The molecule has 120 valence electrons. The minimum atomic E-state index is -0.897. The van der Waals surface area contributed by atoms with Gasteiger partial charge < -0.3 is 10.0 Å². The third-order valence-electron chi connectivity index (χ3n) is 3.49. The lowest BCUT2D eigenvalue weighted by molar-refractivity contribution is -0.138. The summed E-state index contributed by atoms with van der Waals surface area (Å²) in [6, 6.07) is 8.05. The van der Waals surface area contributed by atoms with Gasteiger partial charge in [-0.1, -0.05) is 38.1 Å². The summed E-state index contributed by atoms with van der Waals surface area (Å²) in [5.41, 5.74) is 2.22. The molecule has 4 nitrogen and oxygen atoms in total. The van der Waals surface area contributed by atoms with Crippen LogP contribution in [-0.4, -0.2) is 34.5 Å². The number of nitrogens with zero attached hydrogens (tertiary/aromatic N) is 1. The van der Waals surface area contributed by atoms with Crippen molar-refractivity contribution in [3.05, 3.63) is 41.5 Å². The zero-order valence-corrected chi connectivity index (χ0v) is 13.7. The molecular formula is C18H25NO3. The summed E-state index contributed by atoms with van der Waals surface area (Å²) in [7, 11) is 0. The van der Waals surface area contributed by atoms with Crippen LogP contribution in [0.1, 0.15) is 51.2 Å². The van der Waals surface area contributed by atoms with Gasteiger partial charge in [0.15, 0.2) is 0 Å². The predicted octanol–water partition coefficient (Wildman–Crippen LogP) is 3.53. The highest BCUT2D eigenvalue weighted by Gasteiger charge is 2.15. The molecule has 4 heteroatoms. The largest absolute Gasteiger partial charge is 0.481 e. The van der Waals surface area contributed by atoms with E-state index >= 15 is 0 Å². The normalized spacial score (nSPS) is 11.4. The molecule has 0 spiro atoms. The van der Waals surface area contributed by atoms with Crippen molar-refractivity contribution >= 4 is 18.0 Å². The van der Waals surface area contributed by atoms with E-state index in [1.807, 2.05) is 26.0 Å². The molecule has 0 unspecified atom stereocenters. The van der Waals surface area contributed by atoms with Crippen molar-refractivity contribution in [3.63, 3.8) is 0 Å². The zero-order chi connectivity index (χ0) is 16.7.